The van der Waals surface area contributed by atoms with Crippen molar-refractivity contribution in [2.75, 3.05) is 68.2 Å². The molecule has 3 aliphatic heterocycles. The second-order valence-electron chi connectivity index (χ2n) is 20.4. The van der Waals surface area contributed by atoms with Crippen molar-refractivity contribution >= 4 is 82.9 Å². The van der Waals surface area contributed by atoms with Crippen molar-refractivity contribution in [3.8, 4) is 34.7 Å². The molecule has 13 rings (SSSR count). The van der Waals surface area contributed by atoms with Crippen LogP contribution >= 0.6 is 38.6 Å². The highest BCUT2D eigenvalue weighted by molar-refractivity contribution is 9.10. The van der Waals surface area contributed by atoms with E-state index in [1.165, 1.54) is 52.6 Å². The third-order valence-electron chi connectivity index (χ3n) is 15.1. The molecule has 376 valence electrons. The van der Waals surface area contributed by atoms with E-state index in [0.29, 0.717) is 56.5 Å². The number of nitriles is 2. The Morgan fingerprint density at radius 1 is 0.743 bits per heavy atom. The van der Waals surface area contributed by atoms with Crippen LogP contribution in [0.3, 0.4) is 0 Å². The Labute approximate surface area is 443 Å². The lowest BCUT2D eigenvalue weighted by Gasteiger charge is -2.48. The summed E-state index contributed by atoms with van der Waals surface area (Å²) in [6.45, 7) is 8.94. The lowest BCUT2D eigenvalue weighted by molar-refractivity contribution is -0.146. The van der Waals surface area contributed by atoms with Gasteiger partial charge in [-0.1, -0.05) is 38.6 Å². The van der Waals surface area contributed by atoms with E-state index in [9.17, 15) is 24.1 Å². The standard InChI is InChI=1S/C33H34FN7O2S.C22H17BrFN5S/c1-20-13-25(39-11-10-33(17-39)18-40(19-33)31(42)23-9-12-43-16-23)14-26-30(29(22-3-4-22)37-41(20)26)38(2)32-36-28(27(15-35)44-32)21-5-7-24(34)8-6-21;1-12-9-15(23)10-17-21(20(14-3-4-14)27-29(12)17)28(2)22-26-19(18(11-25)30-22)13-5-7-16(24)8-6-13/h5-8,13-14,22-23H,3-4,9-12,16-19H2,1-2H3;5-10,14H,3-4H2,1-2H3/t23-;/m0./s1. The average molecular weight is 1090 g/mol. The molecule has 8 aromatic rings. The summed E-state index contributed by atoms with van der Waals surface area (Å²) in [5.41, 5.74) is 12.2. The Kier molecular flexibility index (Phi) is 12.3. The number of fused-ring (bicyclic) bond motifs is 2. The molecule has 0 radical (unpaired) electrons. The molecule has 0 bridgehead atoms. The summed E-state index contributed by atoms with van der Waals surface area (Å²) < 4.78 is 37.4. The average Bonchev–Trinajstić information content (AvgIpc) is 3.93. The number of thiazole rings is 2. The van der Waals surface area contributed by atoms with E-state index >= 15 is 0 Å². The maximum absolute atomic E-state index is 13.6. The summed E-state index contributed by atoms with van der Waals surface area (Å²) in [5, 5.41) is 31.0. The van der Waals surface area contributed by atoms with Gasteiger partial charge in [-0.05, 0) is 125 Å². The molecular weight excluding hydrogens is 1040 g/mol. The lowest BCUT2D eigenvalue weighted by Crippen LogP contribution is -2.60. The zero-order valence-electron chi connectivity index (χ0n) is 41.3. The van der Waals surface area contributed by atoms with Crippen LogP contribution in [0.15, 0.2) is 77.3 Å². The third-order valence-corrected chi connectivity index (χ3v) is 17.6. The quantitative estimate of drug-likeness (QED) is 0.129. The summed E-state index contributed by atoms with van der Waals surface area (Å²) in [7, 11) is 3.97. The monoisotopic (exact) mass is 1090 g/mol. The van der Waals surface area contributed by atoms with Gasteiger partial charge in [0.15, 0.2) is 10.3 Å². The zero-order chi connectivity index (χ0) is 51.2. The minimum Gasteiger partial charge on any atom is -0.381 e. The van der Waals surface area contributed by atoms with Gasteiger partial charge in [-0.25, -0.2) is 27.8 Å². The number of likely N-dealkylation sites (tertiary alicyclic amines) is 1. The number of aromatic nitrogens is 6. The Morgan fingerprint density at radius 3 is 1.74 bits per heavy atom. The van der Waals surface area contributed by atoms with Crippen LogP contribution in [0, 0.1) is 59.5 Å². The molecule has 9 heterocycles. The predicted molar refractivity (Wildman–Crippen MR) is 287 cm³/mol. The second kappa shape index (κ2) is 18.9. The number of carbonyl (C=O) groups is 1. The number of pyridine rings is 2. The number of anilines is 5. The van der Waals surface area contributed by atoms with E-state index in [4.69, 9.17) is 24.9 Å². The maximum Gasteiger partial charge on any atom is 0.228 e. The number of benzene rings is 2. The molecule has 5 aliphatic rings. The van der Waals surface area contributed by atoms with Gasteiger partial charge < -0.3 is 24.3 Å². The molecule has 2 aliphatic carbocycles. The molecule has 19 heteroatoms. The van der Waals surface area contributed by atoms with Crippen molar-refractivity contribution in [3.05, 3.63) is 121 Å². The van der Waals surface area contributed by atoms with E-state index < -0.39 is 0 Å². The van der Waals surface area contributed by atoms with Crippen LogP contribution in [0.2, 0.25) is 0 Å². The van der Waals surface area contributed by atoms with Gasteiger partial charge in [0, 0.05) is 96.8 Å². The third kappa shape index (κ3) is 8.76. The van der Waals surface area contributed by atoms with E-state index in [0.717, 1.165) is 125 Å². The summed E-state index contributed by atoms with van der Waals surface area (Å²) >= 11 is 6.28. The number of hydrogen-bond acceptors (Lipinski definition) is 13. The molecule has 0 unspecified atom stereocenters. The summed E-state index contributed by atoms with van der Waals surface area (Å²) in [4.78, 5) is 32.2. The minimum absolute atomic E-state index is 0.0293. The molecule has 1 spiro atoms. The summed E-state index contributed by atoms with van der Waals surface area (Å²) in [6, 6.07) is 25.3. The van der Waals surface area contributed by atoms with Gasteiger partial charge in [0.2, 0.25) is 5.91 Å². The van der Waals surface area contributed by atoms with E-state index in [1.807, 2.05) is 45.9 Å². The topological polar surface area (TPSA) is 147 Å². The first-order valence-electron chi connectivity index (χ1n) is 24.9. The van der Waals surface area contributed by atoms with Crippen molar-refractivity contribution < 1.29 is 18.3 Å². The van der Waals surface area contributed by atoms with E-state index in [-0.39, 0.29) is 28.9 Å². The first-order valence-corrected chi connectivity index (χ1v) is 27.4. The fourth-order valence-corrected chi connectivity index (χ4v) is 13.1. The van der Waals surface area contributed by atoms with Crippen LogP contribution in [0.4, 0.5) is 36.1 Å². The van der Waals surface area contributed by atoms with Crippen LogP contribution in [0.5, 0.6) is 0 Å². The van der Waals surface area contributed by atoms with Gasteiger partial charge in [0.25, 0.3) is 0 Å². The SMILES string of the molecule is Cc1cc(Br)cc2c(N(C)c3nc(-c4ccc(F)cc4)c(C#N)s3)c(C3CC3)nn12.Cc1cc(N2CCC3(CN(C(=O)[C@H]4CCOC4)C3)C2)cc2c(N(C)c3nc(-c4ccc(F)cc4)c(C#N)s3)c(C3CC3)nn12. The number of ether oxygens (including phenoxy) is 1. The fourth-order valence-electron chi connectivity index (χ4n) is 10.9. The second-order valence-corrected chi connectivity index (χ2v) is 23.3. The molecule has 3 saturated heterocycles. The smallest absolute Gasteiger partial charge is 0.228 e. The molecule has 14 nitrogen and oxygen atoms in total. The molecule has 2 saturated carbocycles. The van der Waals surface area contributed by atoms with Crippen LogP contribution in [0.25, 0.3) is 33.5 Å². The predicted octanol–water partition coefficient (Wildman–Crippen LogP) is 11.7. The number of hydrogen-bond donors (Lipinski definition) is 0. The number of aryl methyl sites for hydroxylation is 2. The summed E-state index contributed by atoms with van der Waals surface area (Å²) in [5.74, 6) is 0.506. The fraction of sp³-hybridized carbons (Fsp3) is 0.364. The summed E-state index contributed by atoms with van der Waals surface area (Å²) in [6.07, 6.45) is 6.39. The van der Waals surface area contributed by atoms with Gasteiger partial charge in [-0.2, -0.15) is 20.7 Å². The minimum atomic E-state index is -0.322. The molecule has 74 heavy (non-hydrogen) atoms. The van der Waals surface area contributed by atoms with Crippen molar-refractivity contribution in [3.63, 3.8) is 0 Å². The van der Waals surface area contributed by atoms with E-state index in [1.54, 1.807) is 24.3 Å². The number of amides is 1. The van der Waals surface area contributed by atoms with Crippen LogP contribution < -0.4 is 14.7 Å². The number of carbonyl (C=O) groups excluding carboxylic acids is 1. The highest BCUT2D eigenvalue weighted by atomic mass is 79.9. The Bertz CT molecular complexity index is 3590. The van der Waals surface area contributed by atoms with Crippen molar-refractivity contribution in [1.82, 2.24) is 34.1 Å². The maximum atomic E-state index is 13.6. The van der Waals surface area contributed by atoms with Crippen LogP contribution in [-0.4, -0.2) is 93.5 Å². The molecule has 5 fully saturated rings. The molecule has 1 amide bonds. The van der Waals surface area contributed by atoms with Crippen molar-refractivity contribution in [2.24, 2.45) is 11.3 Å². The zero-order valence-corrected chi connectivity index (χ0v) is 44.5. The number of nitrogens with zero attached hydrogens (tertiary/aromatic N) is 12. The van der Waals surface area contributed by atoms with Gasteiger partial charge in [0.05, 0.1) is 46.3 Å². The highest BCUT2D eigenvalue weighted by Gasteiger charge is 2.50. The van der Waals surface area contributed by atoms with Gasteiger partial charge >= 0.3 is 0 Å². The van der Waals surface area contributed by atoms with Crippen molar-refractivity contribution in [2.45, 2.75) is 64.2 Å². The highest BCUT2D eigenvalue weighted by Crippen LogP contribution is 2.50. The molecule has 0 N–H and O–H groups in total. The lowest BCUT2D eigenvalue weighted by atomic mass is 9.78. The normalized spacial score (nSPS) is 17.9. The molecule has 1 atom stereocenters. The Morgan fingerprint density at radius 2 is 1.26 bits per heavy atom. The largest absolute Gasteiger partial charge is 0.381 e. The molecule has 6 aromatic heterocycles. The van der Waals surface area contributed by atoms with Gasteiger partial charge in [-0.15, -0.1) is 0 Å². The Hall–Kier alpha value is -6.77. The first kappa shape index (κ1) is 48.2. The van der Waals surface area contributed by atoms with E-state index in [2.05, 4.69) is 63.0 Å². The van der Waals surface area contributed by atoms with Crippen LogP contribution in [0.1, 0.15) is 82.9 Å². The first-order chi connectivity index (χ1) is 35.8. The number of halogens is 3. The van der Waals surface area contributed by atoms with Crippen molar-refractivity contribution in [1.29, 1.82) is 10.5 Å². The van der Waals surface area contributed by atoms with Gasteiger partial charge in [-0.3, -0.25) is 4.79 Å². The Balaban J connectivity index is 0.000000162. The number of rotatable bonds is 10. The van der Waals surface area contributed by atoms with Gasteiger partial charge in [0.1, 0.15) is 44.9 Å². The molecule has 2 aromatic carbocycles. The van der Waals surface area contributed by atoms with Crippen LogP contribution in [-0.2, 0) is 9.53 Å². The molecular formula is C55H51BrF2N12O2S2.